The van der Waals surface area contributed by atoms with E-state index >= 15 is 0 Å². The summed E-state index contributed by atoms with van der Waals surface area (Å²) in [4.78, 5) is 14.0. The fourth-order valence-electron chi connectivity index (χ4n) is 3.11. The first-order valence-electron chi connectivity index (χ1n) is 7.96. The third kappa shape index (κ3) is 3.06. The van der Waals surface area contributed by atoms with Crippen LogP contribution in [0.15, 0.2) is 18.2 Å². The Morgan fingerprint density at radius 1 is 1.33 bits per heavy atom. The zero-order chi connectivity index (χ0) is 17.3. The monoisotopic (exact) mass is 346 g/mol. The second-order valence-electron chi connectivity index (χ2n) is 6.11. The van der Waals surface area contributed by atoms with Gasteiger partial charge in [0, 0.05) is 10.9 Å². The van der Waals surface area contributed by atoms with Crippen LogP contribution in [0.2, 0.25) is 0 Å². The molecule has 6 heteroatoms. The van der Waals surface area contributed by atoms with Gasteiger partial charge in [-0.3, -0.25) is 4.79 Å². The molecule has 1 heterocycles. The summed E-state index contributed by atoms with van der Waals surface area (Å²) in [7, 11) is 3.15. The minimum Gasteiger partial charge on any atom is -0.497 e. The number of ether oxygens (including phenoxy) is 2. The lowest BCUT2D eigenvalue weighted by Crippen LogP contribution is -2.17. The lowest BCUT2D eigenvalue weighted by Gasteiger charge is -2.19. The third-order valence-corrected chi connectivity index (χ3v) is 5.51. The molecule has 3 N–H and O–H groups in total. The quantitative estimate of drug-likeness (QED) is 0.885. The van der Waals surface area contributed by atoms with Gasteiger partial charge in [0.05, 0.1) is 30.5 Å². The molecule has 3 rings (SSSR count). The summed E-state index contributed by atoms with van der Waals surface area (Å²) in [6.07, 6.45) is 3.01. The molecule has 0 bridgehead atoms. The van der Waals surface area contributed by atoms with Crippen LogP contribution in [-0.2, 0) is 12.8 Å². The molecule has 1 aromatic carbocycles. The summed E-state index contributed by atoms with van der Waals surface area (Å²) in [6, 6.07) is 5.29. The van der Waals surface area contributed by atoms with Crippen LogP contribution in [0.1, 0.15) is 34.1 Å². The van der Waals surface area contributed by atoms with Crippen LogP contribution in [0.25, 0.3) is 0 Å². The topological polar surface area (TPSA) is 73.6 Å². The van der Waals surface area contributed by atoms with Crippen molar-refractivity contribution in [2.45, 2.75) is 26.2 Å². The molecular weight excluding hydrogens is 324 g/mol. The van der Waals surface area contributed by atoms with Gasteiger partial charge in [0.25, 0.3) is 5.91 Å². The lowest BCUT2D eigenvalue weighted by atomic mass is 9.88. The molecule has 0 radical (unpaired) electrons. The highest BCUT2D eigenvalue weighted by Crippen LogP contribution is 2.39. The number of nitrogen functional groups attached to an aromatic ring is 1. The average molecular weight is 346 g/mol. The van der Waals surface area contributed by atoms with Gasteiger partial charge in [-0.15, -0.1) is 11.3 Å². The maximum atomic E-state index is 12.8. The number of thiophene rings is 1. The molecule has 2 aromatic rings. The predicted octanol–water partition coefficient (Wildman–Crippen LogP) is 3.72. The minimum atomic E-state index is -0.178. The number of rotatable bonds is 4. The number of nitrogens with two attached hydrogens (primary N) is 1. The SMILES string of the molecule is COc1ccc(NC(=O)c2c(N)sc3c2CCC(C)C3)c(OC)c1. The first kappa shape index (κ1) is 16.6. The van der Waals surface area contributed by atoms with Gasteiger partial charge in [0.15, 0.2) is 0 Å². The Kier molecular flexibility index (Phi) is 4.66. The van der Waals surface area contributed by atoms with Gasteiger partial charge >= 0.3 is 0 Å². The molecule has 0 saturated carbocycles. The molecule has 24 heavy (non-hydrogen) atoms. The number of fused-ring (bicyclic) bond motifs is 1. The van der Waals surface area contributed by atoms with E-state index in [0.29, 0.717) is 33.7 Å². The van der Waals surface area contributed by atoms with Crippen molar-refractivity contribution in [2.24, 2.45) is 5.92 Å². The van der Waals surface area contributed by atoms with Gasteiger partial charge in [0.2, 0.25) is 0 Å². The molecule has 1 atom stereocenters. The summed E-state index contributed by atoms with van der Waals surface area (Å²) in [5.41, 5.74) is 8.48. The zero-order valence-corrected chi connectivity index (χ0v) is 15.0. The molecule has 1 aliphatic rings. The van der Waals surface area contributed by atoms with Gasteiger partial charge in [-0.1, -0.05) is 6.92 Å². The summed E-state index contributed by atoms with van der Waals surface area (Å²) < 4.78 is 10.5. The summed E-state index contributed by atoms with van der Waals surface area (Å²) in [6.45, 7) is 2.24. The van der Waals surface area contributed by atoms with Crippen LogP contribution in [0.3, 0.4) is 0 Å². The van der Waals surface area contributed by atoms with Gasteiger partial charge in [-0.2, -0.15) is 0 Å². The number of carbonyl (C=O) groups is 1. The van der Waals surface area contributed by atoms with E-state index in [2.05, 4.69) is 12.2 Å². The molecule has 1 unspecified atom stereocenters. The molecule has 1 aliphatic carbocycles. The Morgan fingerprint density at radius 2 is 2.12 bits per heavy atom. The highest BCUT2D eigenvalue weighted by molar-refractivity contribution is 7.16. The molecule has 5 nitrogen and oxygen atoms in total. The molecule has 1 amide bonds. The van der Waals surface area contributed by atoms with Gasteiger partial charge < -0.3 is 20.5 Å². The van der Waals surface area contributed by atoms with Gasteiger partial charge in [-0.05, 0) is 42.9 Å². The molecule has 0 spiro atoms. The van der Waals surface area contributed by atoms with E-state index in [1.807, 2.05) is 0 Å². The first-order valence-corrected chi connectivity index (χ1v) is 8.78. The van der Waals surface area contributed by atoms with Crippen LogP contribution >= 0.6 is 11.3 Å². The number of methoxy groups -OCH3 is 2. The largest absolute Gasteiger partial charge is 0.497 e. The molecule has 128 valence electrons. The van der Waals surface area contributed by atoms with Crippen molar-refractivity contribution in [3.05, 3.63) is 34.2 Å². The number of hydrogen-bond acceptors (Lipinski definition) is 5. The van der Waals surface area contributed by atoms with Crippen LogP contribution in [0.5, 0.6) is 11.5 Å². The standard InChI is InChI=1S/C18H22N2O3S/c1-10-4-6-12-15(8-10)24-17(19)16(12)18(21)20-13-7-5-11(22-2)9-14(13)23-3/h5,7,9-10H,4,6,8,19H2,1-3H3,(H,20,21). The van der Waals surface area contributed by atoms with Crippen molar-refractivity contribution in [1.82, 2.24) is 0 Å². The Morgan fingerprint density at radius 3 is 2.83 bits per heavy atom. The smallest absolute Gasteiger partial charge is 0.259 e. The second-order valence-corrected chi connectivity index (χ2v) is 7.25. The maximum Gasteiger partial charge on any atom is 0.259 e. The van der Waals surface area contributed by atoms with E-state index in [9.17, 15) is 4.79 Å². The number of anilines is 2. The van der Waals surface area contributed by atoms with Crippen LogP contribution in [-0.4, -0.2) is 20.1 Å². The highest BCUT2D eigenvalue weighted by Gasteiger charge is 2.26. The molecule has 0 fully saturated rings. The van der Waals surface area contributed by atoms with E-state index in [0.717, 1.165) is 24.8 Å². The van der Waals surface area contributed by atoms with Crippen molar-refractivity contribution < 1.29 is 14.3 Å². The maximum absolute atomic E-state index is 12.8. The van der Waals surface area contributed by atoms with Gasteiger partial charge in [0.1, 0.15) is 11.5 Å². The van der Waals surface area contributed by atoms with Crippen LogP contribution in [0.4, 0.5) is 10.7 Å². The third-order valence-electron chi connectivity index (χ3n) is 4.42. The first-order chi connectivity index (χ1) is 11.5. The van der Waals surface area contributed by atoms with E-state index in [1.54, 1.807) is 43.8 Å². The van der Waals surface area contributed by atoms with E-state index in [4.69, 9.17) is 15.2 Å². The average Bonchev–Trinajstić information content (AvgIpc) is 2.89. The number of hydrogen-bond donors (Lipinski definition) is 2. The molecular formula is C18H22N2O3S. The van der Waals surface area contributed by atoms with Crippen LogP contribution < -0.4 is 20.5 Å². The molecule has 1 aromatic heterocycles. The number of carbonyl (C=O) groups excluding carboxylic acids is 1. The second kappa shape index (κ2) is 6.73. The van der Waals surface area contributed by atoms with Crippen molar-refractivity contribution >= 4 is 27.9 Å². The van der Waals surface area contributed by atoms with Crippen LogP contribution in [0, 0.1) is 5.92 Å². The Hall–Kier alpha value is -2.21. The van der Waals surface area contributed by atoms with E-state index in [1.165, 1.54) is 4.88 Å². The Bertz CT molecular complexity index is 770. The normalized spacial score (nSPS) is 16.4. The predicted molar refractivity (Wildman–Crippen MR) is 97.4 cm³/mol. The number of amides is 1. The lowest BCUT2D eigenvalue weighted by molar-refractivity contribution is 0.102. The molecule has 0 aliphatic heterocycles. The van der Waals surface area contributed by atoms with Crippen molar-refractivity contribution in [1.29, 1.82) is 0 Å². The fraction of sp³-hybridized carbons (Fsp3) is 0.389. The fourth-order valence-corrected chi connectivity index (χ4v) is 4.39. The van der Waals surface area contributed by atoms with E-state index in [-0.39, 0.29) is 5.91 Å². The highest BCUT2D eigenvalue weighted by atomic mass is 32.1. The van der Waals surface area contributed by atoms with Crippen molar-refractivity contribution in [3.8, 4) is 11.5 Å². The Labute approximate surface area is 145 Å². The number of nitrogens with one attached hydrogen (secondary N) is 1. The van der Waals surface area contributed by atoms with Crippen molar-refractivity contribution in [2.75, 3.05) is 25.3 Å². The van der Waals surface area contributed by atoms with Gasteiger partial charge in [-0.25, -0.2) is 0 Å². The van der Waals surface area contributed by atoms with E-state index < -0.39 is 0 Å². The van der Waals surface area contributed by atoms with Crippen molar-refractivity contribution in [3.63, 3.8) is 0 Å². The summed E-state index contributed by atoms with van der Waals surface area (Å²) >= 11 is 1.54. The zero-order valence-electron chi connectivity index (χ0n) is 14.1. The molecule has 0 saturated heterocycles. The minimum absolute atomic E-state index is 0.178. The summed E-state index contributed by atoms with van der Waals surface area (Å²) in [5, 5.41) is 3.52. The summed E-state index contributed by atoms with van der Waals surface area (Å²) in [5.74, 6) is 1.70. The Balaban J connectivity index is 1.89. The number of benzene rings is 1.